The Morgan fingerprint density at radius 3 is 1.95 bits per heavy atom. The van der Waals surface area contributed by atoms with Gasteiger partial charge in [-0.2, -0.15) is 0 Å². The first-order chi connectivity index (χ1) is 9.18. The summed E-state index contributed by atoms with van der Waals surface area (Å²) in [6, 6.07) is 0. The summed E-state index contributed by atoms with van der Waals surface area (Å²) in [6.45, 7) is 0.792. The van der Waals surface area contributed by atoms with E-state index in [4.69, 9.17) is 14.8 Å². The van der Waals surface area contributed by atoms with Gasteiger partial charge in [0.05, 0.1) is 6.16 Å². The summed E-state index contributed by atoms with van der Waals surface area (Å²) in [5.41, 5.74) is 5.43. The number of hydrogen-bond donors (Lipinski definition) is 1. The van der Waals surface area contributed by atoms with Crippen molar-refractivity contribution in [3.8, 4) is 0 Å². The van der Waals surface area contributed by atoms with E-state index in [1.165, 1.54) is 33.5 Å². The van der Waals surface area contributed by atoms with Crippen LogP contribution in [0.3, 0.4) is 0 Å². The Morgan fingerprint density at radius 2 is 1.42 bits per heavy atom. The molecule has 0 saturated carbocycles. The highest BCUT2D eigenvalue weighted by atomic mass is 31.2. The topological polar surface area (TPSA) is 61.5 Å². The standard InChI is InChI=1S/C14H30NO3P/c1-17-19(16,18-2)14-12-10-8-6-4-3-5-7-9-11-13-15/h3,5H,4,6-15H2,1-2H3. The van der Waals surface area contributed by atoms with Gasteiger partial charge in [0, 0.05) is 14.2 Å². The Bertz CT molecular complexity index is 261. The van der Waals surface area contributed by atoms with Crippen LogP contribution < -0.4 is 5.73 Å². The van der Waals surface area contributed by atoms with Crippen LogP contribution >= 0.6 is 7.60 Å². The maximum absolute atomic E-state index is 11.7. The van der Waals surface area contributed by atoms with Gasteiger partial charge in [-0.1, -0.05) is 25.0 Å². The van der Waals surface area contributed by atoms with Gasteiger partial charge in [0.25, 0.3) is 0 Å². The van der Waals surface area contributed by atoms with E-state index in [0.29, 0.717) is 6.16 Å². The summed E-state index contributed by atoms with van der Waals surface area (Å²) in [5, 5.41) is 0. The number of unbranched alkanes of at least 4 members (excludes halogenated alkanes) is 6. The summed E-state index contributed by atoms with van der Waals surface area (Å²) in [6.07, 6.45) is 14.0. The largest absolute Gasteiger partial charge is 0.330 e. The summed E-state index contributed by atoms with van der Waals surface area (Å²) in [5.74, 6) is 0. The molecule has 0 aliphatic heterocycles. The second-order valence-corrected chi connectivity index (χ2v) is 7.06. The normalized spacial score (nSPS) is 12.4. The predicted molar refractivity (Wildman–Crippen MR) is 81.6 cm³/mol. The van der Waals surface area contributed by atoms with Gasteiger partial charge in [-0.15, -0.1) is 0 Å². The minimum absolute atomic E-state index is 0.523. The van der Waals surface area contributed by atoms with Crippen LogP contribution in [0, 0.1) is 0 Å². The minimum Gasteiger partial charge on any atom is -0.330 e. The van der Waals surface area contributed by atoms with E-state index >= 15 is 0 Å². The van der Waals surface area contributed by atoms with E-state index in [-0.39, 0.29) is 0 Å². The average molecular weight is 291 g/mol. The first-order valence-electron chi connectivity index (χ1n) is 7.24. The highest BCUT2D eigenvalue weighted by Gasteiger charge is 2.19. The van der Waals surface area contributed by atoms with Gasteiger partial charge >= 0.3 is 7.60 Å². The zero-order chi connectivity index (χ0) is 14.4. The number of rotatable bonds is 13. The summed E-state index contributed by atoms with van der Waals surface area (Å²) >= 11 is 0. The van der Waals surface area contributed by atoms with Crippen molar-refractivity contribution in [3.63, 3.8) is 0 Å². The van der Waals surface area contributed by atoms with Crippen LogP contribution in [-0.2, 0) is 13.6 Å². The fourth-order valence-corrected chi connectivity index (χ4v) is 2.95. The van der Waals surface area contributed by atoms with Crippen LogP contribution in [-0.4, -0.2) is 26.9 Å². The molecule has 0 heterocycles. The second kappa shape index (κ2) is 12.9. The van der Waals surface area contributed by atoms with E-state index in [1.807, 2.05) is 0 Å². The third-order valence-electron chi connectivity index (χ3n) is 3.10. The zero-order valence-corrected chi connectivity index (χ0v) is 13.4. The van der Waals surface area contributed by atoms with Gasteiger partial charge in [-0.3, -0.25) is 4.57 Å². The quantitative estimate of drug-likeness (QED) is 0.315. The van der Waals surface area contributed by atoms with Gasteiger partial charge in [-0.25, -0.2) is 0 Å². The Balaban J connectivity index is 3.34. The fraction of sp³-hybridized carbons (Fsp3) is 0.857. The summed E-state index contributed by atoms with van der Waals surface area (Å²) in [4.78, 5) is 0. The van der Waals surface area contributed by atoms with Gasteiger partial charge in [0.1, 0.15) is 0 Å². The molecular weight excluding hydrogens is 261 g/mol. The van der Waals surface area contributed by atoms with E-state index in [1.54, 1.807) is 0 Å². The van der Waals surface area contributed by atoms with E-state index < -0.39 is 7.60 Å². The number of allylic oxidation sites excluding steroid dienone is 2. The smallest absolute Gasteiger partial charge is 0.330 e. The van der Waals surface area contributed by atoms with Crippen molar-refractivity contribution in [3.05, 3.63) is 12.2 Å². The van der Waals surface area contributed by atoms with Crippen molar-refractivity contribution >= 4 is 7.60 Å². The minimum atomic E-state index is -2.78. The molecule has 0 aromatic rings. The number of hydrogen-bond acceptors (Lipinski definition) is 4. The predicted octanol–water partition coefficient (Wildman–Crippen LogP) is 4.11. The number of nitrogens with two attached hydrogens (primary N) is 1. The van der Waals surface area contributed by atoms with Crippen LogP contribution in [0.15, 0.2) is 12.2 Å². The maximum Gasteiger partial charge on any atom is 0.330 e. The molecule has 19 heavy (non-hydrogen) atoms. The van der Waals surface area contributed by atoms with Crippen LogP contribution in [0.25, 0.3) is 0 Å². The molecule has 0 atom stereocenters. The van der Waals surface area contributed by atoms with Crippen molar-refractivity contribution in [2.24, 2.45) is 5.73 Å². The molecule has 0 bridgehead atoms. The van der Waals surface area contributed by atoms with Gasteiger partial charge in [0.2, 0.25) is 0 Å². The molecule has 0 aromatic carbocycles. The van der Waals surface area contributed by atoms with Crippen molar-refractivity contribution in [2.45, 2.75) is 51.4 Å². The van der Waals surface area contributed by atoms with Crippen molar-refractivity contribution < 1.29 is 13.6 Å². The van der Waals surface area contributed by atoms with Gasteiger partial charge < -0.3 is 14.8 Å². The summed E-state index contributed by atoms with van der Waals surface area (Å²) < 4.78 is 21.5. The van der Waals surface area contributed by atoms with Crippen molar-refractivity contribution in [1.82, 2.24) is 0 Å². The molecule has 0 aliphatic rings. The molecular formula is C14H30NO3P. The van der Waals surface area contributed by atoms with Crippen LogP contribution in [0.5, 0.6) is 0 Å². The molecule has 114 valence electrons. The van der Waals surface area contributed by atoms with Crippen LogP contribution in [0.2, 0.25) is 0 Å². The SMILES string of the molecule is COP(=O)(CCCCCCC=CCCCCN)OC. The van der Waals surface area contributed by atoms with E-state index in [2.05, 4.69) is 12.2 Å². The second-order valence-electron chi connectivity index (χ2n) is 4.66. The molecule has 2 N–H and O–H groups in total. The zero-order valence-electron chi connectivity index (χ0n) is 12.5. The van der Waals surface area contributed by atoms with Crippen molar-refractivity contribution in [2.75, 3.05) is 26.9 Å². The highest BCUT2D eigenvalue weighted by molar-refractivity contribution is 7.53. The molecule has 0 saturated heterocycles. The Labute approximate surface area is 118 Å². The molecule has 5 heteroatoms. The highest BCUT2D eigenvalue weighted by Crippen LogP contribution is 2.47. The molecule has 0 fully saturated rings. The molecule has 0 unspecified atom stereocenters. The first kappa shape index (κ1) is 18.9. The third-order valence-corrected chi connectivity index (χ3v) is 5.08. The van der Waals surface area contributed by atoms with E-state index in [0.717, 1.165) is 38.6 Å². The first-order valence-corrected chi connectivity index (χ1v) is 8.97. The Kier molecular flexibility index (Phi) is 12.8. The fourth-order valence-electron chi connectivity index (χ4n) is 1.82. The van der Waals surface area contributed by atoms with Gasteiger partial charge in [-0.05, 0) is 45.1 Å². The summed E-state index contributed by atoms with van der Waals surface area (Å²) in [7, 11) is 0.106. The molecule has 0 spiro atoms. The van der Waals surface area contributed by atoms with Crippen LogP contribution in [0.1, 0.15) is 51.4 Å². The molecule has 4 nitrogen and oxygen atoms in total. The van der Waals surface area contributed by atoms with Crippen LogP contribution in [0.4, 0.5) is 0 Å². The molecule has 0 aliphatic carbocycles. The monoisotopic (exact) mass is 291 g/mol. The lowest BCUT2D eigenvalue weighted by Gasteiger charge is -2.12. The Hall–Kier alpha value is -0.150. The molecule has 0 amide bonds. The van der Waals surface area contributed by atoms with Crippen molar-refractivity contribution in [1.29, 1.82) is 0 Å². The third kappa shape index (κ3) is 11.4. The molecule has 0 rings (SSSR count). The lowest BCUT2D eigenvalue weighted by atomic mass is 10.1. The lowest BCUT2D eigenvalue weighted by molar-refractivity contribution is 0.275. The molecule has 0 aromatic heterocycles. The molecule has 0 radical (unpaired) electrons. The maximum atomic E-state index is 11.7. The van der Waals surface area contributed by atoms with Gasteiger partial charge in [0.15, 0.2) is 0 Å². The van der Waals surface area contributed by atoms with E-state index in [9.17, 15) is 4.57 Å². The lowest BCUT2D eigenvalue weighted by Crippen LogP contribution is -1.96. The Morgan fingerprint density at radius 1 is 0.895 bits per heavy atom. The average Bonchev–Trinajstić information content (AvgIpc) is 2.44.